The summed E-state index contributed by atoms with van der Waals surface area (Å²) in [6, 6.07) is 13.0. The number of nitrogens with zero attached hydrogens (tertiary/aromatic N) is 8. The number of nitriles is 2. The molecule has 0 aliphatic heterocycles. The van der Waals surface area contributed by atoms with E-state index in [4.69, 9.17) is 56.6 Å². The third kappa shape index (κ3) is 12.3. The number of aromatic nitrogens is 6. The smallest absolute Gasteiger partial charge is 0.249 e. The highest BCUT2D eigenvalue weighted by Crippen LogP contribution is 2.43. The number of fused-ring (bicyclic) bond motifs is 2. The Labute approximate surface area is 402 Å². The summed E-state index contributed by atoms with van der Waals surface area (Å²) in [6.45, 7) is 15.3. The Morgan fingerprint density at radius 2 is 1.05 bits per heavy atom. The molecule has 352 valence electrons. The molecular formula is C44H54Cl2N8O8S2Si2. The van der Waals surface area contributed by atoms with E-state index in [-0.39, 0.29) is 33.8 Å². The Balaban J connectivity index is 0.000000248. The van der Waals surface area contributed by atoms with E-state index in [9.17, 15) is 18.9 Å². The van der Waals surface area contributed by atoms with Crippen LogP contribution in [0.5, 0.6) is 23.0 Å². The molecule has 0 radical (unpaired) electrons. The lowest BCUT2D eigenvalue weighted by atomic mass is 10.1. The van der Waals surface area contributed by atoms with Gasteiger partial charge in [-0.2, -0.15) is 15.5 Å². The van der Waals surface area contributed by atoms with Crippen molar-refractivity contribution in [1.29, 1.82) is 10.5 Å². The van der Waals surface area contributed by atoms with E-state index in [0.29, 0.717) is 91.9 Å². The Morgan fingerprint density at radius 1 is 0.652 bits per heavy atom. The first-order valence-electron chi connectivity index (χ1n) is 20.5. The van der Waals surface area contributed by atoms with Gasteiger partial charge in [-0.3, -0.25) is 0 Å². The molecule has 4 aromatic heterocycles. The second kappa shape index (κ2) is 21.8. The van der Waals surface area contributed by atoms with E-state index in [1.165, 1.54) is 26.0 Å². The lowest BCUT2D eigenvalue weighted by Crippen LogP contribution is -2.22. The van der Waals surface area contributed by atoms with E-state index in [1.807, 2.05) is 10.8 Å². The zero-order chi connectivity index (χ0) is 48.7. The van der Waals surface area contributed by atoms with Crippen LogP contribution in [0.25, 0.3) is 44.6 Å². The second-order valence-electron chi connectivity index (χ2n) is 17.4. The fraction of sp³-hybridized carbons (Fsp3) is 0.409. The maximum absolute atomic E-state index is 12.4. The SMILES string of the molecule is COc1cc(Cl)c(-c2nc(S(C)(=O)=O)nc3c2c(C#N)cn3COCC[Si](C)(C)C)cc1OC.COc1cc(Cl)c(-c2nc(SC)nc3c2c(C#N)cn3COCC[Si](C)(C)C)cc1OC. The average Bonchev–Trinajstić information content (AvgIpc) is 3.82. The van der Waals surface area contributed by atoms with E-state index >= 15 is 0 Å². The third-order valence-electron chi connectivity index (χ3n) is 10.1. The molecule has 22 heteroatoms. The van der Waals surface area contributed by atoms with Gasteiger partial charge in [0.1, 0.15) is 36.9 Å². The van der Waals surface area contributed by atoms with E-state index < -0.39 is 26.0 Å². The number of halogens is 2. The van der Waals surface area contributed by atoms with Crippen molar-refractivity contribution in [2.75, 3.05) is 54.2 Å². The predicted octanol–water partition coefficient (Wildman–Crippen LogP) is 10.0. The predicted molar refractivity (Wildman–Crippen MR) is 265 cm³/mol. The molecule has 0 saturated carbocycles. The molecule has 0 atom stereocenters. The molecule has 6 aromatic rings. The van der Waals surface area contributed by atoms with Crippen LogP contribution in [0.2, 0.25) is 61.4 Å². The van der Waals surface area contributed by atoms with Crippen molar-refractivity contribution >= 4 is 83.0 Å². The zero-order valence-corrected chi connectivity index (χ0v) is 44.3. The van der Waals surface area contributed by atoms with Gasteiger partial charge in [-0.15, -0.1) is 0 Å². The van der Waals surface area contributed by atoms with Gasteiger partial charge < -0.3 is 37.6 Å². The van der Waals surface area contributed by atoms with Crippen LogP contribution in [0.15, 0.2) is 47.0 Å². The first kappa shape index (κ1) is 52.1. The molecule has 0 aliphatic carbocycles. The fourth-order valence-electron chi connectivity index (χ4n) is 6.50. The average molecular weight is 1010 g/mol. The minimum atomic E-state index is -3.78. The topological polar surface area (TPSA) is 199 Å². The standard InChI is InChI=1S/C22H27ClN4O5SSi.C22H27ClN4O3SSi/c1-30-17-9-15(16(23)10-18(17)31-2)20-19-14(11-24)12-27(13-32-7-8-34(4,5)6)21(19)26-22(25-20)33(3,28)29;1-28-17-9-15(16(23)10-18(17)29-2)20-19-14(11-24)12-27(13-30-7-8-32(4,5)6)21(19)26-22(25-20)31-3/h9-10,12H,7-8,13H2,1-6H3;9-10,12H,7-8,13H2,1-6H3. The summed E-state index contributed by atoms with van der Waals surface area (Å²) in [4.78, 5) is 18.0. The largest absolute Gasteiger partial charge is 0.493 e. The van der Waals surface area contributed by atoms with Crippen LogP contribution >= 0.6 is 35.0 Å². The van der Waals surface area contributed by atoms with Crippen molar-refractivity contribution in [3.8, 4) is 57.7 Å². The Morgan fingerprint density at radius 3 is 1.41 bits per heavy atom. The molecule has 0 saturated heterocycles. The van der Waals surface area contributed by atoms with Crippen LogP contribution in [0.4, 0.5) is 0 Å². The lowest BCUT2D eigenvalue weighted by Gasteiger charge is -2.16. The Kier molecular flexibility index (Phi) is 17.2. The lowest BCUT2D eigenvalue weighted by molar-refractivity contribution is 0.0897. The highest BCUT2D eigenvalue weighted by atomic mass is 35.5. The second-order valence-corrected chi connectivity index (χ2v) is 32.1. The van der Waals surface area contributed by atoms with Crippen molar-refractivity contribution in [1.82, 2.24) is 29.1 Å². The maximum atomic E-state index is 12.4. The summed E-state index contributed by atoms with van der Waals surface area (Å²) in [5.41, 5.74) is 3.42. The summed E-state index contributed by atoms with van der Waals surface area (Å²) >= 11 is 14.6. The molecule has 0 spiro atoms. The molecule has 4 heterocycles. The number of benzene rings is 2. The minimum Gasteiger partial charge on any atom is -0.493 e. The van der Waals surface area contributed by atoms with Gasteiger partial charge in [0, 0.05) is 71.3 Å². The van der Waals surface area contributed by atoms with Gasteiger partial charge in [-0.25, -0.2) is 23.4 Å². The first-order valence-corrected chi connectivity index (χ1v) is 31.8. The van der Waals surface area contributed by atoms with Crippen LogP contribution in [-0.4, -0.2) is 108 Å². The zero-order valence-electron chi connectivity index (χ0n) is 39.1. The van der Waals surface area contributed by atoms with Gasteiger partial charge in [0.05, 0.1) is 71.8 Å². The summed E-state index contributed by atoms with van der Waals surface area (Å²) < 4.78 is 61.6. The van der Waals surface area contributed by atoms with E-state index in [0.717, 1.165) is 18.3 Å². The number of methoxy groups -OCH3 is 4. The normalized spacial score (nSPS) is 11.8. The molecule has 2 aromatic carbocycles. The first-order chi connectivity index (χ1) is 31.1. The monoisotopic (exact) mass is 1010 g/mol. The molecule has 16 nitrogen and oxygen atoms in total. The highest BCUT2D eigenvalue weighted by Gasteiger charge is 2.26. The van der Waals surface area contributed by atoms with Gasteiger partial charge in [-0.05, 0) is 30.5 Å². The molecule has 0 amide bonds. The van der Waals surface area contributed by atoms with Crippen molar-refractivity contribution in [2.45, 2.75) is 75.1 Å². The number of hydrogen-bond acceptors (Lipinski definition) is 15. The van der Waals surface area contributed by atoms with E-state index in [2.05, 4.69) is 66.4 Å². The summed E-state index contributed by atoms with van der Waals surface area (Å²) in [7, 11) is -0.189. The molecule has 0 bridgehead atoms. The molecular weight excluding hydrogens is 960 g/mol. The molecule has 66 heavy (non-hydrogen) atoms. The van der Waals surface area contributed by atoms with Crippen LogP contribution in [0, 0.1) is 22.7 Å². The summed E-state index contributed by atoms with van der Waals surface area (Å²) in [5, 5.41) is 21.6. The van der Waals surface area contributed by atoms with Gasteiger partial charge in [0.25, 0.3) is 0 Å². The van der Waals surface area contributed by atoms with Crippen LogP contribution in [0.1, 0.15) is 11.1 Å². The van der Waals surface area contributed by atoms with Crippen molar-refractivity contribution in [3.63, 3.8) is 0 Å². The number of hydrogen-bond donors (Lipinski definition) is 0. The number of ether oxygens (including phenoxy) is 6. The van der Waals surface area contributed by atoms with Gasteiger partial charge in [0.15, 0.2) is 28.2 Å². The summed E-state index contributed by atoms with van der Waals surface area (Å²) in [5.74, 6) is 1.82. The highest BCUT2D eigenvalue weighted by molar-refractivity contribution is 7.98. The Hall–Kier alpha value is -4.91. The van der Waals surface area contributed by atoms with Gasteiger partial charge in [-0.1, -0.05) is 74.2 Å². The van der Waals surface area contributed by atoms with Crippen LogP contribution in [-0.2, 0) is 32.8 Å². The molecule has 0 aliphatic rings. The van der Waals surface area contributed by atoms with Crippen molar-refractivity contribution in [2.24, 2.45) is 0 Å². The van der Waals surface area contributed by atoms with Gasteiger partial charge in [0.2, 0.25) is 15.0 Å². The van der Waals surface area contributed by atoms with Crippen LogP contribution in [0.3, 0.4) is 0 Å². The molecule has 0 N–H and O–H groups in total. The fourth-order valence-corrected chi connectivity index (χ4v) is 9.37. The molecule has 0 unspecified atom stereocenters. The van der Waals surface area contributed by atoms with Crippen molar-refractivity contribution in [3.05, 3.63) is 57.8 Å². The molecule has 0 fully saturated rings. The quantitative estimate of drug-likeness (QED) is 0.0341. The molecule has 6 rings (SSSR count). The number of rotatable bonds is 18. The maximum Gasteiger partial charge on any atom is 0.249 e. The van der Waals surface area contributed by atoms with Crippen LogP contribution < -0.4 is 18.9 Å². The third-order valence-corrected chi connectivity index (χ3v) is 15.5. The number of sulfone groups is 1. The van der Waals surface area contributed by atoms with Crippen molar-refractivity contribution < 1.29 is 36.8 Å². The van der Waals surface area contributed by atoms with Gasteiger partial charge >= 0.3 is 0 Å². The Bertz CT molecular complexity index is 2940. The minimum absolute atomic E-state index is 0.113. The van der Waals surface area contributed by atoms with E-state index in [1.54, 1.807) is 55.4 Å². The summed E-state index contributed by atoms with van der Waals surface area (Å²) in [6.07, 6.45) is 6.27. The number of thioether (sulfide) groups is 1.